The molecule has 1 heterocycles. The Balaban J connectivity index is 1.89. The SMILES string of the molecule is Cc1ccc(NC(=O)COC(=O)c2ccc(Cl)nc2)c(F)c1. The maximum atomic E-state index is 13.6. The molecular weight excluding hydrogens is 311 g/mol. The Morgan fingerprint density at radius 2 is 2.09 bits per heavy atom. The van der Waals surface area contributed by atoms with E-state index in [2.05, 4.69) is 10.3 Å². The normalized spacial score (nSPS) is 10.1. The van der Waals surface area contributed by atoms with Gasteiger partial charge in [-0.2, -0.15) is 0 Å². The first kappa shape index (κ1) is 15.9. The summed E-state index contributed by atoms with van der Waals surface area (Å²) in [4.78, 5) is 27.0. The minimum atomic E-state index is -0.719. The van der Waals surface area contributed by atoms with Gasteiger partial charge in [0.05, 0.1) is 11.3 Å². The Bertz CT molecular complexity index is 704. The number of rotatable bonds is 4. The number of carbonyl (C=O) groups excluding carboxylic acids is 2. The molecular formula is C15H12ClFN2O3. The first-order valence-electron chi connectivity index (χ1n) is 6.30. The highest BCUT2D eigenvalue weighted by Gasteiger charge is 2.12. The van der Waals surface area contributed by atoms with E-state index in [9.17, 15) is 14.0 Å². The van der Waals surface area contributed by atoms with E-state index in [0.29, 0.717) is 0 Å². The van der Waals surface area contributed by atoms with Gasteiger partial charge < -0.3 is 10.1 Å². The zero-order chi connectivity index (χ0) is 16.1. The lowest BCUT2D eigenvalue weighted by Crippen LogP contribution is -2.21. The molecule has 0 saturated heterocycles. The van der Waals surface area contributed by atoms with Crippen LogP contribution in [0.5, 0.6) is 0 Å². The summed E-state index contributed by atoms with van der Waals surface area (Å²) in [5.74, 6) is -1.91. The van der Waals surface area contributed by atoms with Crippen LogP contribution >= 0.6 is 11.6 Å². The number of hydrogen-bond acceptors (Lipinski definition) is 4. The topological polar surface area (TPSA) is 68.3 Å². The molecule has 0 fully saturated rings. The van der Waals surface area contributed by atoms with Gasteiger partial charge in [0.1, 0.15) is 11.0 Å². The number of hydrogen-bond donors (Lipinski definition) is 1. The molecule has 7 heteroatoms. The third-order valence-electron chi connectivity index (χ3n) is 2.70. The molecule has 5 nitrogen and oxygen atoms in total. The van der Waals surface area contributed by atoms with Crippen LogP contribution < -0.4 is 5.32 Å². The standard InChI is InChI=1S/C15H12ClFN2O3/c1-9-2-4-12(11(17)6-9)19-14(20)8-22-15(21)10-3-5-13(16)18-7-10/h2-7H,8H2,1H3,(H,19,20). The molecule has 2 rings (SSSR count). The predicted molar refractivity (Wildman–Crippen MR) is 79.3 cm³/mol. The fraction of sp³-hybridized carbons (Fsp3) is 0.133. The van der Waals surface area contributed by atoms with Crippen molar-refractivity contribution in [1.29, 1.82) is 0 Å². The molecule has 1 aromatic carbocycles. The van der Waals surface area contributed by atoms with Crippen molar-refractivity contribution in [3.63, 3.8) is 0 Å². The van der Waals surface area contributed by atoms with E-state index < -0.39 is 24.3 Å². The highest BCUT2D eigenvalue weighted by molar-refractivity contribution is 6.29. The Hall–Kier alpha value is -2.47. The highest BCUT2D eigenvalue weighted by Crippen LogP contribution is 2.15. The van der Waals surface area contributed by atoms with Gasteiger partial charge in [-0.25, -0.2) is 14.2 Å². The van der Waals surface area contributed by atoms with Crippen molar-refractivity contribution in [3.05, 3.63) is 58.6 Å². The lowest BCUT2D eigenvalue weighted by molar-refractivity contribution is -0.119. The number of aryl methyl sites for hydroxylation is 1. The summed E-state index contributed by atoms with van der Waals surface area (Å²) in [7, 11) is 0. The first-order chi connectivity index (χ1) is 10.5. The fourth-order valence-corrected chi connectivity index (χ4v) is 1.73. The molecule has 0 saturated carbocycles. The molecule has 1 amide bonds. The number of esters is 1. The van der Waals surface area contributed by atoms with E-state index in [1.165, 1.54) is 30.5 Å². The van der Waals surface area contributed by atoms with Crippen LogP contribution in [0.3, 0.4) is 0 Å². The van der Waals surface area contributed by atoms with E-state index in [1.54, 1.807) is 13.0 Å². The molecule has 0 radical (unpaired) electrons. The van der Waals surface area contributed by atoms with Crippen molar-refractivity contribution in [3.8, 4) is 0 Å². The summed E-state index contributed by atoms with van der Waals surface area (Å²) in [6.07, 6.45) is 1.24. The average Bonchev–Trinajstić information content (AvgIpc) is 2.48. The Morgan fingerprint density at radius 1 is 1.32 bits per heavy atom. The van der Waals surface area contributed by atoms with Gasteiger partial charge in [-0.15, -0.1) is 0 Å². The van der Waals surface area contributed by atoms with Crippen molar-refractivity contribution in [2.75, 3.05) is 11.9 Å². The zero-order valence-corrected chi connectivity index (χ0v) is 12.4. The summed E-state index contributed by atoms with van der Waals surface area (Å²) >= 11 is 5.60. The smallest absolute Gasteiger partial charge is 0.340 e. The first-order valence-corrected chi connectivity index (χ1v) is 6.68. The largest absolute Gasteiger partial charge is 0.452 e. The number of amides is 1. The second-order valence-corrected chi connectivity index (χ2v) is 4.86. The molecule has 114 valence electrons. The van der Waals surface area contributed by atoms with Crippen LogP contribution in [0, 0.1) is 12.7 Å². The molecule has 22 heavy (non-hydrogen) atoms. The minimum absolute atomic E-state index is 0.0276. The van der Waals surface area contributed by atoms with Crippen molar-refractivity contribution < 1.29 is 18.7 Å². The maximum Gasteiger partial charge on any atom is 0.340 e. The maximum absolute atomic E-state index is 13.6. The van der Waals surface area contributed by atoms with E-state index in [1.807, 2.05) is 0 Å². The molecule has 0 aliphatic heterocycles. The van der Waals surface area contributed by atoms with Gasteiger partial charge in [-0.1, -0.05) is 17.7 Å². The van der Waals surface area contributed by atoms with E-state index in [0.717, 1.165) is 5.56 Å². The summed E-state index contributed by atoms with van der Waals surface area (Å²) in [6.45, 7) is 1.20. The van der Waals surface area contributed by atoms with Crippen LogP contribution in [0.1, 0.15) is 15.9 Å². The van der Waals surface area contributed by atoms with Crippen molar-refractivity contribution in [1.82, 2.24) is 4.98 Å². The van der Waals surface area contributed by atoms with Crippen LogP contribution in [-0.2, 0) is 9.53 Å². The summed E-state index contributed by atoms with van der Waals surface area (Å²) < 4.78 is 18.4. The number of ether oxygens (including phenoxy) is 1. The molecule has 0 unspecified atom stereocenters. The molecule has 1 N–H and O–H groups in total. The number of aromatic nitrogens is 1. The Kier molecular flexibility index (Phi) is 5.06. The number of halogens is 2. The monoisotopic (exact) mass is 322 g/mol. The van der Waals surface area contributed by atoms with Crippen LogP contribution in [-0.4, -0.2) is 23.5 Å². The zero-order valence-electron chi connectivity index (χ0n) is 11.6. The molecule has 1 aromatic heterocycles. The van der Waals surface area contributed by atoms with Crippen molar-refractivity contribution in [2.45, 2.75) is 6.92 Å². The van der Waals surface area contributed by atoms with Gasteiger partial charge in [0, 0.05) is 6.20 Å². The van der Waals surface area contributed by atoms with Gasteiger partial charge in [-0.3, -0.25) is 4.79 Å². The molecule has 0 spiro atoms. The van der Waals surface area contributed by atoms with Crippen LogP contribution in [0.25, 0.3) is 0 Å². The highest BCUT2D eigenvalue weighted by atomic mass is 35.5. The quantitative estimate of drug-likeness (QED) is 0.694. The number of nitrogens with one attached hydrogen (secondary N) is 1. The van der Waals surface area contributed by atoms with E-state index >= 15 is 0 Å². The minimum Gasteiger partial charge on any atom is -0.452 e. The number of carbonyl (C=O) groups is 2. The van der Waals surface area contributed by atoms with Crippen LogP contribution in [0.15, 0.2) is 36.5 Å². The predicted octanol–water partition coefficient (Wildman–Crippen LogP) is 2.98. The molecule has 0 atom stereocenters. The third-order valence-corrected chi connectivity index (χ3v) is 2.92. The summed E-state index contributed by atoms with van der Waals surface area (Å²) in [5, 5.41) is 2.57. The van der Waals surface area contributed by atoms with E-state index in [4.69, 9.17) is 16.3 Å². The molecule has 0 aliphatic carbocycles. The van der Waals surface area contributed by atoms with Gasteiger partial charge in [0.15, 0.2) is 6.61 Å². The van der Waals surface area contributed by atoms with Gasteiger partial charge in [0.2, 0.25) is 0 Å². The lowest BCUT2D eigenvalue weighted by Gasteiger charge is -2.08. The number of nitrogens with zero attached hydrogens (tertiary/aromatic N) is 1. The summed E-state index contributed by atoms with van der Waals surface area (Å²) in [6, 6.07) is 7.24. The van der Waals surface area contributed by atoms with E-state index in [-0.39, 0.29) is 16.4 Å². The third kappa shape index (κ3) is 4.26. The fourth-order valence-electron chi connectivity index (χ4n) is 1.62. The van der Waals surface area contributed by atoms with Crippen LogP contribution in [0.2, 0.25) is 5.15 Å². The number of anilines is 1. The average molecular weight is 323 g/mol. The Labute approximate surface area is 131 Å². The van der Waals surface area contributed by atoms with Gasteiger partial charge in [0.25, 0.3) is 5.91 Å². The second-order valence-electron chi connectivity index (χ2n) is 4.48. The van der Waals surface area contributed by atoms with Crippen LogP contribution in [0.4, 0.5) is 10.1 Å². The Morgan fingerprint density at radius 3 is 2.73 bits per heavy atom. The molecule has 0 bridgehead atoms. The molecule has 0 aliphatic rings. The number of benzene rings is 1. The van der Waals surface area contributed by atoms with Gasteiger partial charge in [-0.05, 0) is 36.8 Å². The lowest BCUT2D eigenvalue weighted by atomic mass is 10.2. The van der Waals surface area contributed by atoms with Gasteiger partial charge >= 0.3 is 5.97 Å². The van der Waals surface area contributed by atoms with Crippen molar-refractivity contribution in [2.24, 2.45) is 0 Å². The summed E-state index contributed by atoms with van der Waals surface area (Å²) in [5.41, 5.74) is 0.927. The second kappa shape index (κ2) is 7.00. The van der Waals surface area contributed by atoms with Crippen molar-refractivity contribution >= 4 is 29.2 Å². The number of pyridine rings is 1. The molecule has 2 aromatic rings.